The van der Waals surface area contributed by atoms with Crippen LogP contribution in [-0.4, -0.2) is 132 Å². The molecule has 1 aromatic carbocycles. The number of amides is 1. The zero-order valence-electron chi connectivity index (χ0n) is 35.4. The Kier molecular flexibility index (Phi) is 14.9. The summed E-state index contributed by atoms with van der Waals surface area (Å²) in [7, 11) is 3.75. The Labute approximate surface area is 337 Å². The molecule has 5 rings (SSSR count). The van der Waals surface area contributed by atoms with Crippen LogP contribution in [0.1, 0.15) is 93.1 Å². The largest absolute Gasteiger partial charge is 0.459 e. The van der Waals surface area contributed by atoms with Crippen LogP contribution in [0.5, 0.6) is 0 Å². The number of aliphatic hydroxyl groups excluding tert-OH is 1. The predicted octanol–water partition coefficient (Wildman–Crippen LogP) is 4.31. The van der Waals surface area contributed by atoms with Crippen molar-refractivity contribution in [3.05, 3.63) is 35.9 Å². The molecule has 4 aliphatic rings. The van der Waals surface area contributed by atoms with Gasteiger partial charge < -0.3 is 43.6 Å². The number of carbonyl (C=O) groups is 3. The molecule has 0 aromatic heterocycles. The third-order valence-corrected chi connectivity index (χ3v) is 12.4. The van der Waals surface area contributed by atoms with Crippen molar-refractivity contribution in [1.29, 1.82) is 0 Å². The minimum atomic E-state index is -1.81. The minimum absolute atomic E-state index is 0.155. The number of Topliss-reactive ketones (excluding diaryl/α,β-unsaturated/α-hetero) is 1. The molecule has 14 nitrogen and oxygen atoms in total. The molecule has 0 aliphatic carbocycles. The average molecular weight is 800 g/mol. The van der Waals surface area contributed by atoms with Gasteiger partial charge in [0.05, 0.1) is 37.1 Å². The average Bonchev–Trinajstić information content (AvgIpc) is 3.20. The second-order valence-corrected chi connectivity index (χ2v) is 17.3. The van der Waals surface area contributed by atoms with Crippen molar-refractivity contribution in [3.8, 4) is 0 Å². The standard InChI is InChI=1S/C43H65N3O11/c1-11-33-43(8,51)38-26(4)34-24(2)21-42(7,53-23-30(22-52-38)45-57-32(39(49)44-34)19-15-18-29-16-13-12-14-17-29)37(27(5)35(47)28(6)40(50)55-33)56-41-36(48)31(46(9)10)20-25(3)54-41/h12-14,16-17,24-28,31-33,36-38,41,48,51H,11,15,18-23H2,1-10H3/b44-34?,45-30-/t24-,25-,26+,27+,28-,31+,32?,33-,36-,37-,38-,41+,42-,43-/m1/s1. The van der Waals surface area contributed by atoms with Crippen LogP contribution in [0.2, 0.25) is 0 Å². The van der Waals surface area contributed by atoms with Gasteiger partial charge in [-0.1, -0.05) is 63.2 Å². The molecule has 318 valence electrons. The van der Waals surface area contributed by atoms with Crippen LogP contribution >= 0.6 is 0 Å². The van der Waals surface area contributed by atoms with E-state index in [1.54, 1.807) is 20.8 Å². The highest BCUT2D eigenvalue weighted by Crippen LogP contribution is 2.40. The number of oxime groups is 1. The van der Waals surface area contributed by atoms with Gasteiger partial charge in [-0.05, 0) is 91.8 Å². The Hall–Kier alpha value is -3.11. The molecule has 3 saturated heterocycles. The Bertz CT molecular complexity index is 1620. The Morgan fingerprint density at radius 2 is 1.70 bits per heavy atom. The first-order chi connectivity index (χ1) is 26.9. The lowest BCUT2D eigenvalue weighted by molar-refractivity contribution is -0.296. The van der Waals surface area contributed by atoms with E-state index in [-0.39, 0.29) is 43.9 Å². The van der Waals surface area contributed by atoms with Crippen LogP contribution in [-0.2, 0) is 49.3 Å². The number of likely N-dealkylation sites (N-methyl/N-ethyl adjacent to an activating group) is 1. The van der Waals surface area contributed by atoms with Gasteiger partial charge in [0.2, 0.25) is 6.10 Å². The van der Waals surface area contributed by atoms with Crippen LogP contribution in [0.25, 0.3) is 0 Å². The highest BCUT2D eigenvalue weighted by molar-refractivity contribution is 6.01. The van der Waals surface area contributed by atoms with E-state index in [4.69, 9.17) is 33.5 Å². The highest BCUT2D eigenvalue weighted by Gasteiger charge is 2.53. The smallest absolute Gasteiger partial charge is 0.316 e. The van der Waals surface area contributed by atoms with Gasteiger partial charge >= 0.3 is 5.97 Å². The number of esters is 1. The van der Waals surface area contributed by atoms with E-state index in [0.717, 1.165) is 12.0 Å². The molecule has 3 fully saturated rings. The first-order valence-electron chi connectivity index (χ1n) is 20.6. The molecule has 0 radical (unpaired) electrons. The molecular weight excluding hydrogens is 734 g/mol. The van der Waals surface area contributed by atoms with Crippen LogP contribution < -0.4 is 0 Å². The molecule has 1 amide bonds. The van der Waals surface area contributed by atoms with Crippen LogP contribution in [0, 0.1) is 23.7 Å². The highest BCUT2D eigenvalue weighted by atomic mass is 16.7. The summed E-state index contributed by atoms with van der Waals surface area (Å²) in [6.45, 7) is 13.6. The zero-order chi connectivity index (χ0) is 41.8. The van der Waals surface area contributed by atoms with Crippen molar-refractivity contribution < 1.29 is 53.1 Å². The molecule has 14 heteroatoms. The van der Waals surface area contributed by atoms with Crippen molar-refractivity contribution in [2.24, 2.45) is 33.8 Å². The molecule has 1 aromatic rings. The maximum atomic E-state index is 14.4. The van der Waals surface area contributed by atoms with Gasteiger partial charge in [-0.15, -0.1) is 0 Å². The molecule has 4 aliphatic heterocycles. The molecule has 57 heavy (non-hydrogen) atoms. The summed E-state index contributed by atoms with van der Waals surface area (Å²) < 4.78 is 32.4. The third-order valence-electron chi connectivity index (χ3n) is 12.4. The predicted molar refractivity (Wildman–Crippen MR) is 213 cm³/mol. The number of aliphatic imine (C=N–C) groups is 1. The summed E-state index contributed by atoms with van der Waals surface area (Å²) in [5.74, 6) is -5.24. The minimum Gasteiger partial charge on any atom is -0.459 e. The SMILES string of the molecule is CC[C@H]1OC(=O)[C@H](C)C(=O)[C@H](C)[C@@H](O[C@@H]2O[C@H](C)C[C@H](N(C)C)[C@H]2O)[C@@]2(C)C[C@@H](C)C3=NC(=O)C(CCCc4ccccc4)O/N=C(/CO[C@H]([C@H]3C)[C@]1(C)O)CO2. The first-order valence-corrected chi connectivity index (χ1v) is 20.6. The summed E-state index contributed by atoms with van der Waals surface area (Å²) in [6, 6.07) is 9.68. The van der Waals surface area contributed by atoms with Gasteiger partial charge in [-0.2, -0.15) is 0 Å². The van der Waals surface area contributed by atoms with E-state index in [1.807, 2.05) is 77.0 Å². The summed E-state index contributed by atoms with van der Waals surface area (Å²) in [4.78, 5) is 55.2. The maximum absolute atomic E-state index is 14.4. The number of benzene rings is 1. The number of aliphatic hydroxyl groups is 2. The fourth-order valence-corrected chi connectivity index (χ4v) is 9.12. The monoisotopic (exact) mass is 799 g/mol. The second-order valence-electron chi connectivity index (χ2n) is 17.3. The van der Waals surface area contributed by atoms with Crippen molar-refractivity contribution in [3.63, 3.8) is 0 Å². The zero-order valence-corrected chi connectivity index (χ0v) is 35.4. The number of hydrogen-bond donors (Lipinski definition) is 2. The first kappa shape index (κ1) is 45.0. The van der Waals surface area contributed by atoms with Crippen molar-refractivity contribution >= 4 is 29.1 Å². The Balaban J connectivity index is 1.65. The van der Waals surface area contributed by atoms with E-state index in [2.05, 4.69) is 5.16 Å². The van der Waals surface area contributed by atoms with Gasteiger partial charge in [0.15, 0.2) is 12.1 Å². The van der Waals surface area contributed by atoms with Gasteiger partial charge in [-0.25, -0.2) is 4.99 Å². The normalized spacial score (nSPS) is 40.9. The van der Waals surface area contributed by atoms with Gasteiger partial charge in [0.25, 0.3) is 5.91 Å². The van der Waals surface area contributed by atoms with E-state index in [9.17, 15) is 24.6 Å². The van der Waals surface area contributed by atoms with E-state index >= 15 is 0 Å². The topological polar surface area (TPSA) is 175 Å². The molecule has 0 spiro atoms. The summed E-state index contributed by atoms with van der Waals surface area (Å²) in [5, 5.41) is 28.5. The number of cyclic esters (lactones) is 1. The molecule has 1 unspecified atom stereocenters. The van der Waals surface area contributed by atoms with Gasteiger partial charge in [-0.3, -0.25) is 14.4 Å². The Morgan fingerprint density at radius 1 is 1.00 bits per heavy atom. The molecule has 4 bridgehead atoms. The van der Waals surface area contributed by atoms with E-state index in [1.165, 1.54) is 6.92 Å². The summed E-state index contributed by atoms with van der Waals surface area (Å²) in [6.07, 6.45) is -4.10. The number of rotatable bonds is 8. The van der Waals surface area contributed by atoms with Gasteiger partial charge in [0, 0.05) is 23.6 Å². The summed E-state index contributed by atoms with van der Waals surface area (Å²) in [5.41, 5.74) is -1.31. The second kappa shape index (κ2) is 18.9. The lowest BCUT2D eigenvalue weighted by Gasteiger charge is -2.47. The number of carbonyl (C=O) groups excluding carboxylic acids is 3. The third kappa shape index (κ3) is 10.2. The molecule has 0 saturated carbocycles. The Morgan fingerprint density at radius 3 is 2.37 bits per heavy atom. The van der Waals surface area contributed by atoms with E-state index in [0.29, 0.717) is 25.0 Å². The number of fused-ring (bicyclic) bond motifs is 4. The molecular formula is C43H65N3O11. The molecule has 4 heterocycles. The number of nitrogens with zero attached hydrogens (tertiary/aromatic N) is 3. The van der Waals surface area contributed by atoms with Crippen molar-refractivity contribution in [2.45, 2.75) is 154 Å². The quantitative estimate of drug-likeness (QED) is 0.282. The van der Waals surface area contributed by atoms with Crippen LogP contribution in [0.4, 0.5) is 0 Å². The lowest BCUT2D eigenvalue weighted by atomic mass is 9.73. The fraction of sp³-hybridized carbons (Fsp3) is 0.744. The lowest BCUT2D eigenvalue weighted by Crippen LogP contribution is -2.60. The number of ether oxygens (including phenoxy) is 5. The van der Waals surface area contributed by atoms with Crippen molar-refractivity contribution in [2.75, 3.05) is 27.3 Å². The van der Waals surface area contributed by atoms with Gasteiger partial charge in [0.1, 0.15) is 29.4 Å². The fourth-order valence-electron chi connectivity index (χ4n) is 9.12. The number of aryl methyl sites for hydroxylation is 1. The van der Waals surface area contributed by atoms with Crippen LogP contribution in [0.15, 0.2) is 40.5 Å². The van der Waals surface area contributed by atoms with E-state index < -0.39 is 89.3 Å². The summed E-state index contributed by atoms with van der Waals surface area (Å²) >= 11 is 0. The maximum Gasteiger partial charge on any atom is 0.316 e. The van der Waals surface area contributed by atoms with Crippen molar-refractivity contribution in [1.82, 2.24) is 4.90 Å². The molecule has 2 N–H and O–H groups in total. The number of hydrogen-bond acceptors (Lipinski definition) is 13. The van der Waals surface area contributed by atoms with Crippen LogP contribution in [0.3, 0.4) is 0 Å². The molecule has 14 atom stereocenters. The number of ketones is 1.